The van der Waals surface area contributed by atoms with Crippen molar-refractivity contribution in [3.8, 4) is 11.5 Å². The van der Waals surface area contributed by atoms with Crippen LogP contribution in [-0.4, -0.2) is 25.8 Å². The summed E-state index contributed by atoms with van der Waals surface area (Å²) in [4.78, 5) is 12.0. The average molecular weight is 379 g/mol. The molecule has 0 fully saturated rings. The normalized spacial score (nSPS) is 10.2. The molecule has 0 atom stereocenters. The largest absolute Gasteiger partial charge is 0.492 e. The molecule has 0 N–H and O–H groups in total. The molecule has 4 nitrogen and oxygen atoms in total. The van der Waals surface area contributed by atoms with Crippen molar-refractivity contribution in [3.63, 3.8) is 0 Å². The van der Waals surface area contributed by atoms with Crippen molar-refractivity contribution in [1.29, 1.82) is 0 Å². The summed E-state index contributed by atoms with van der Waals surface area (Å²) in [6.07, 6.45) is 0.928. The van der Waals surface area contributed by atoms with E-state index < -0.39 is 0 Å². The van der Waals surface area contributed by atoms with Gasteiger partial charge in [-0.3, -0.25) is 0 Å². The molecular formula is C18H19BrO4. The third-order valence-corrected chi connectivity index (χ3v) is 3.58. The zero-order valence-corrected chi connectivity index (χ0v) is 14.5. The molecule has 0 saturated carbocycles. The van der Waals surface area contributed by atoms with Gasteiger partial charge in [-0.1, -0.05) is 25.1 Å². The zero-order valence-electron chi connectivity index (χ0n) is 13.0. The van der Waals surface area contributed by atoms with Gasteiger partial charge >= 0.3 is 5.97 Å². The second-order valence-electron chi connectivity index (χ2n) is 4.79. The maximum absolute atomic E-state index is 12.0. The first-order valence-electron chi connectivity index (χ1n) is 7.48. The zero-order chi connectivity index (χ0) is 16.5. The number of carbonyl (C=O) groups excluding carboxylic acids is 1. The fourth-order valence-electron chi connectivity index (χ4n) is 1.85. The molecule has 23 heavy (non-hydrogen) atoms. The quantitative estimate of drug-likeness (QED) is 0.501. The van der Waals surface area contributed by atoms with E-state index in [4.69, 9.17) is 14.2 Å². The first-order valence-corrected chi connectivity index (χ1v) is 8.27. The van der Waals surface area contributed by atoms with Gasteiger partial charge in [-0.2, -0.15) is 0 Å². The van der Waals surface area contributed by atoms with Gasteiger partial charge in [0, 0.05) is 0 Å². The van der Waals surface area contributed by atoms with Crippen molar-refractivity contribution in [2.75, 3.05) is 19.8 Å². The minimum absolute atomic E-state index is 0.194. The lowest BCUT2D eigenvalue weighted by Crippen LogP contribution is -2.12. The highest BCUT2D eigenvalue weighted by atomic mass is 79.9. The average Bonchev–Trinajstić information content (AvgIpc) is 2.58. The van der Waals surface area contributed by atoms with Crippen LogP contribution in [0.4, 0.5) is 0 Å². The van der Waals surface area contributed by atoms with Crippen LogP contribution < -0.4 is 9.47 Å². The highest BCUT2D eigenvalue weighted by Gasteiger charge is 2.10. The number of carbonyl (C=O) groups is 1. The summed E-state index contributed by atoms with van der Waals surface area (Å²) in [7, 11) is 0. The number of halogens is 1. The Balaban J connectivity index is 1.80. The summed E-state index contributed by atoms with van der Waals surface area (Å²) in [6, 6.07) is 14.6. The van der Waals surface area contributed by atoms with Crippen molar-refractivity contribution in [2.45, 2.75) is 13.3 Å². The van der Waals surface area contributed by atoms with Gasteiger partial charge in [-0.25, -0.2) is 4.79 Å². The molecule has 0 aliphatic rings. The van der Waals surface area contributed by atoms with Crippen LogP contribution in [0.3, 0.4) is 0 Å². The number of hydrogen-bond acceptors (Lipinski definition) is 4. The molecule has 2 rings (SSSR count). The summed E-state index contributed by atoms with van der Waals surface area (Å²) < 4.78 is 17.0. The third kappa shape index (κ3) is 5.60. The van der Waals surface area contributed by atoms with E-state index in [1.54, 1.807) is 18.2 Å². The number of rotatable bonds is 8. The van der Waals surface area contributed by atoms with E-state index in [-0.39, 0.29) is 12.6 Å². The Hall–Kier alpha value is -2.01. The number of esters is 1. The molecule has 122 valence electrons. The molecule has 0 spiro atoms. The van der Waals surface area contributed by atoms with Gasteiger partial charge in [-0.05, 0) is 52.7 Å². The molecule has 2 aromatic rings. The minimum Gasteiger partial charge on any atom is -0.492 e. The molecule has 0 saturated heterocycles. The lowest BCUT2D eigenvalue weighted by Gasteiger charge is -2.10. The van der Waals surface area contributed by atoms with E-state index in [1.165, 1.54) is 0 Å². The van der Waals surface area contributed by atoms with Gasteiger partial charge in [-0.15, -0.1) is 0 Å². The van der Waals surface area contributed by atoms with E-state index in [1.807, 2.05) is 37.3 Å². The highest BCUT2D eigenvalue weighted by Crippen LogP contribution is 2.26. The molecule has 0 aromatic heterocycles. The Labute approximate surface area is 144 Å². The van der Waals surface area contributed by atoms with Crippen LogP contribution in [0.5, 0.6) is 11.5 Å². The highest BCUT2D eigenvalue weighted by molar-refractivity contribution is 9.10. The summed E-state index contributed by atoms with van der Waals surface area (Å²) in [5.41, 5.74) is 0.473. The first-order chi connectivity index (χ1) is 11.2. The van der Waals surface area contributed by atoms with Crippen molar-refractivity contribution < 1.29 is 19.0 Å². The molecule has 0 aliphatic heterocycles. The van der Waals surface area contributed by atoms with E-state index in [0.29, 0.717) is 18.8 Å². The van der Waals surface area contributed by atoms with E-state index in [0.717, 1.165) is 22.4 Å². The third-order valence-electron chi connectivity index (χ3n) is 2.96. The predicted octanol–water partition coefficient (Wildman–Crippen LogP) is 4.47. The Morgan fingerprint density at radius 2 is 1.78 bits per heavy atom. The van der Waals surface area contributed by atoms with Crippen molar-refractivity contribution in [3.05, 3.63) is 58.6 Å². The second-order valence-corrected chi connectivity index (χ2v) is 5.65. The van der Waals surface area contributed by atoms with Gasteiger partial charge < -0.3 is 14.2 Å². The van der Waals surface area contributed by atoms with E-state index in [9.17, 15) is 4.79 Å². The molecule has 5 heteroatoms. The van der Waals surface area contributed by atoms with Gasteiger partial charge in [0.1, 0.15) is 24.7 Å². The Morgan fingerprint density at radius 1 is 1.00 bits per heavy atom. The molecule has 0 unspecified atom stereocenters. The van der Waals surface area contributed by atoms with Gasteiger partial charge in [0.25, 0.3) is 0 Å². The van der Waals surface area contributed by atoms with Crippen molar-refractivity contribution in [2.24, 2.45) is 0 Å². The number of ether oxygens (including phenoxy) is 3. The van der Waals surface area contributed by atoms with Crippen LogP contribution in [0, 0.1) is 0 Å². The molecule has 0 aliphatic carbocycles. The number of hydrogen-bond donors (Lipinski definition) is 0. The standard InChI is InChI=1S/C18H19BrO4/c1-2-10-22-17-9-8-14(13-16(17)19)18(20)23-12-11-21-15-6-4-3-5-7-15/h3-9,13H,2,10-12H2,1H3. The number of para-hydroxylation sites is 1. The second kappa shape index (κ2) is 9.20. The molecule has 0 bridgehead atoms. The number of benzene rings is 2. The molecule has 0 amide bonds. The van der Waals surface area contributed by atoms with Crippen LogP contribution in [0.2, 0.25) is 0 Å². The topological polar surface area (TPSA) is 44.8 Å². The fourth-order valence-corrected chi connectivity index (χ4v) is 2.34. The van der Waals surface area contributed by atoms with Crippen LogP contribution in [0.1, 0.15) is 23.7 Å². The summed E-state index contributed by atoms with van der Waals surface area (Å²) in [5, 5.41) is 0. The SMILES string of the molecule is CCCOc1ccc(C(=O)OCCOc2ccccc2)cc1Br. The maximum Gasteiger partial charge on any atom is 0.338 e. The van der Waals surface area contributed by atoms with Crippen molar-refractivity contribution in [1.82, 2.24) is 0 Å². The Bertz CT molecular complexity index is 628. The minimum atomic E-state index is -0.385. The lowest BCUT2D eigenvalue weighted by molar-refractivity contribution is 0.0450. The molecule has 0 heterocycles. The predicted molar refractivity (Wildman–Crippen MR) is 92.1 cm³/mol. The van der Waals surface area contributed by atoms with Crippen LogP contribution >= 0.6 is 15.9 Å². The van der Waals surface area contributed by atoms with Crippen LogP contribution in [0.25, 0.3) is 0 Å². The van der Waals surface area contributed by atoms with Crippen LogP contribution in [0.15, 0.2) is 53.0 Å². The monoisotopic (exact) mass is 378 g/mol. The molecular weight excluding hydrogens is 360 g/mol. The molecule has 2 aromatic carbocycles. The van der Waals surface area contributed by atoms with Crippen LogP contribution in [-0.2, 0) is 4.74 Å². The summed E-state index contributed by atoms with van der Waals surface area (Å²) in [5.74, 6) is 1.09. The van der Waals surface area contributed by atoms with Gasteiger partial charge in [0.05, 0.1) is 16.6 Å². The first kappa shape index (κ1) is 17.3. The summed E-state index contributed by atoms with van der Waals surface area (Å²) in [6.45, 7) is 3.18. The Kier molecular flexibility index (Phi) is 6.94. The smallest absolute Gasteiger partial charge is 0.338 e. The van der Waals surface area contributed by atoms with E-state index in [2.05, 4.69) is 15.9 Å². The Morgan fingerprint density at radius 3 is 2.48 bits per heavy atom. The summed E-state index contributed by atoms with van der Waals surface area (Å²) >= 11 is 3.40. The van der Waals surface area contributed by atoms with E-state index >= 15 is 0 Å². The fraction of sp³-hybridized carbons (Fsp3) is 0.278. The van der Waals surface area contributed by atoms with Crippen molar-refractivity contribution >= 4 is 21.9 Å². The maximum atomic E-state index is 12.0. The lowest BCUT2D eigenvalue weighted by atomic mass is 10.2. The molecule has 0 radical (unpaired) electrons. The van der Waals surface area contributed by atoms with Gasteiger partial charge in [0.15, 0.2) is 0 Å². The van der Waals surface area contributed by atoms with Gasteiger partial charge in [0.2, 0.25) is 0 Å².